The van der Waals surface area contributed by atoms with Crippen LogP contribution in [0.15, 0.2) is 6.07 Å². The molecule has 0 amide bonds. The van der Waals surface area contributed by atoms with Crippen LogP contribution in [0.3, 0.4) is 0 Å². The topological polar surface area (TPSA) is 87.2 Å². The predicted molar refractivity (Wildman–Crippen MR) is 66.3 cm³/mol. The second-order valence-corrected chi connectivity index (χ2v) is 3.66. The molecule has 1 rings (SSSR count). The molecular weight excluding hydrogens is 256 g/mol. The molecule has 0 aromatic carbocycles. The van der Waals surface area contributed by atoms with Crippen molar-refractivity contribution in [1.29, 1.82) is 5.26 Å². The van der Waals surface area contributed by atoms with Crippen molar-refractivity contribution in [3.8, 4) is 6.07 Å². The van der Waals surface area contributed by atoms with Gasteiger partial charge in [-0.05, 0) is 0 Å². The Balaban J connectivity index is 3.02. The Morgan fingerprint density at radius 2 is 2.21 bits per heavy atom. The Labute approximate surface area is 109 Å². The van der Waals surface area contributed by atoms with Gasteiger partial charge in [0.2, 0.25) is 0 Å². The van der Waals surface area contributed by atoms with E-state index in [2.05, 4.69) is 10.4 Å². The van der Waals surface area contributed by atoms with Crippen molar-refractivity contribution in [2.24, 2.45) is 5.84 Å². The number of anilines is 2. The molecule has 0 aliphatic heterocycles. The number of methoxy groups -OCH3 is 1. The minimum atomic E-state index is -0.879. The first-order valence-corrected chi connectivity index (χ1v) is 5.57. The molecule has 3 N–H and O–H groups in total. The number of hydrazine groups is 1. The fourth-order valence-electron chi connectivity index (χ4n) is 1.49. The SMILES string of the molecule is COCCN(CCC#N)c1nc(NN)c(F)cc1F. The fourth-order valence-corrected chi connectivity index (χ4v) is 1.49. The van der Waals surface area contributed by atoms with Crippen molar-refractivity contribution in [3.05, 3.63) is 17.7 Å². The van der Waals surface area contributed by atoms with E-state index >= 15 is 0 Å². The first-order chi connectivity index (χ1) is 9.13. The van der Waals surface area contributed by atoms with Crippen LogP contribution in [0.4, 0.5) is 20.4 Å². The van der Waals surface area contributed by atoms with Gasteiger partial charge in [-0.2, -0.15) is 5.26 Å². The van der Waals surface area contributed by atoms with E-state index in [4.69, 9.17) is 15.8 Å². The highest BCUT2D eigenvalue weighted by Crippen LogP contribution is 2.21. The number of rotatable bonds is 7. The van der Waals surface area contributed by atoms with Gasteiger partial charge in [0.1, 0.15) is 0 Å². The number of hydrogen-bond donors (Lipinski definition) is 2. The molecule has 0 saturated carbocycles. The van der Waals surface area contributed by atoms with Gasteiger partial charge in [0.05, 0.1) is 19.1 Å². The van der Waals surface area contributed by atoms with E-state index in [0.717, 1.165) is 0 Å². The van der Waals surface area contributed by atoms with Crippen molar-refractivity contribution in [2.75, 3.05) is 37.1 Å². The number of nitrogens with zero attached hydrogens (tertiary/aromatic N) is 3. The van der Waals surface area contributed by atoms with Gasteiger partial charge in [-0.1, -0.05) is 0 Å². The first kappa shape index (κ1) is 15.1. The molecule has 0 fully saturated rings. The number of pyridine rings is 1. The van der Waals surface area contributed by atoms with Gasteiger partial charge in [-0.25, -0.2) is 19.6 Å². The second-order valence-electron chi connectivity index (χ2n) is 3.66. The van der Waals surface area contributed by atoms with Crippen LogP contribution < -0.4 is 16.2 Å². The molecule has 0 atom stereocenters. The lowest BCUT2D eigenvalue weighted by Crippen LogP contribution is -2.30. The van der Waals surface area contributed by atoms with E-state index in [1.165, 1.54) is 12.0 Å². The number of nitrogens with one attached hydrogen (secondary N) is 1. The Morgan fingerprint density at radius 1 is 1.47 bits per heavy atom. The standard InChI is InChI=1S/C11H15F2N5O/c1-19-6-5-18(4-2-3-14)11-9(13)7-8(12)10(16-11)17-15/h7H,2,4-6,15H2,1H3,(H,16,17). The maximum absolute atomic E-state index is 13.7. The molecule has 1 aromatic rings. The molecule has 0 aliphatic carbocycles. The summed E-state index contributed by atoms with van der Waals surface area (Å²) in [6.07, 6.45) is 0.188. The molecule has 104 valence electrons. The van der Waals surface area contributed by atoms with Crippen LogP contribution in [-0.2, 0) is 4.74 Å². The summed E-state index contributed by atoms with van der Waals surface area (Å²) in [6, 6.07) is 2.65. The van der Waals surface area contributed by atoms with Crippen LogP contribution in [0, 0.1) is 23.0 Å². The van der Waals surface area contributed by atoms with Gasteiger partial charge >= 0.3 is 0 Å². The smallest absolute Gasteiger partial charge is 0.178 e. The third kappa shape index (κ3) is 4.01. The van der Waals surface area contributed by atoms with Crippen LogP contribution in [0.5, 0.6) is 0 Å². The Hall–Kier alpha value is -1.98. The average molecular weight is 271 g/mol. The minimum absolute atomic E-state index is 0.0679. The van der Waals surface area contributed by atoms with Crippen LogP contribution >= 0.6 is 0 Å². The lowest BCUT2D eigenvalue weighted by Gasteiger charge is -2.23. The van der Waals surface area contributed by atoms with E-state index in [1.54, 1.807) is 0 Å². The second kappa shape index (κ2) is 7.45. The fraction of sp³-hybridized carbons (Fsp3) is 0.455. The highest BCUT2D eigenvalue weighted by atomic mass is 19.1. The number of ether oxygens (including phenoxy) is 1. The molecule has 0 bridgehead atoms. The van der Waals surface area contributed by atoms with Gasteiger partial charge < -0.3 is 15.1 Å². The van der Waals surface area contributed by atoms with E-state index in [9.17, 15) is 8.78 Å². The zero-order valence-corrected chi connectivity index (χ0v) is 10.5. The van der Waals surface area contributed by atoms with Crippen molar-refractivity contribution < 1.29 is 13.5 Å². The minimum Gasteiger partial charge on any atom is -0.383 e. The number of halogens is 2. The monoisotopic (exact) mass is 271 g/mol. The van der Waals surface area contributed by atoms with Gasteiger partial charge in [0.15, 0.2) is 23.3 Å². The highest BCUT2D eigenvalue weighted by Gasteiger charge is 2.17. The van der Waals surface area contributed by atoms with Crippen molar-refractivity contribution in [2.45, 2.75) is 6.42 Å². The maximum atomic E-state index is 13.7. The first-order valence-electron chi connectivity index (χ1n) is 5.57. The zero-order chi connectivity index (χ0) is 14.3. The number of nitrogen functional groups attached to an aromatic ring is 1. The van der Waals surface area contributed by atoms with Crippen LogP contribution in [-0.4, -0.2) is 31.8 Å². The molecule has 1 heterocycles. The molecule has 6 nitrogen and oxygen atoms in total. The predicted octanol–water partition coefficient (Wildman–Crippen LogP) is 1.01. The zero-order valence-electron chi connectivity index (χ0n) is 10.5. The van der Waals surface area contributed by atoms with Crippen LogP contribution in [0.2, 0.25) is 0 Å². The molecule has 0 radical (unpaired) electrons. The van der Waals surface area contributed by atoms with E-state index in [1.807, 2.05) is 6.07 Å². The molecular formula is C11H15F2N5O. The van der Waals surface area contributed by atoms with Gasteiger partial charge in [0.25, 0.3) is 0 Å². The third-order valence-corrected chi connectivity index (χ3v) is 2.41. The molecule has 8 heteroatoms. The quantitative estimate of drug-likeness (QED) is 0.568. The summed E-state index contributed by atoms with van der Waals surface area (Å²) >= 11 is 0. The summed E-state index contributed by atoms with van der Waals surface area (Å²) in [5.74, 6) is 3.08. The van der Waals surface area contributed by atoms with Gasteiger partial charge in [-0.3, -0.25) is 0 Å². The third-order valence-electron chi connectivity index (χ3n) is 2.41. The number of hydrogen-bond acceptors (Lipinski definition) is 6. The van der Waals surface area contributed by atoms with E-state index in [-0.39, 0.29) is 24.6 Å². The van der Waals surface area contributed by atoms with Crippen molar-refractivity contribution >= 4 is 11.6 Å². The van der Waals surface area contributed by atoms with E-state index in [0.29, 0.717) is 19.2 Å². The van der Waals surface area contributed by atoms with Crippen molar-refractivity contribution in [1.82, 2.24) is 4.98 Å². The van der Waals surface area contributed by atoms with E-state index < -0.39 is 11.6 Å². The largest absolute Gasteiger partial charge is 0.383 e. The Morgan fingerprint density at radius 3 is 2.79 bits per heavy atom. The van der Waals surface area contributed by atoms with Crippen molar-refractivity contribution in [3.63, 3.8) is 0 Å². The molecule has 0 spiro atoms. The Bertz CT molecular complexity index is 463. The Kier molecular flexibility index (Phi) is 5.92. The molecule has 1 aromatic heterocycles. The van der Waals surface area contributed by atoms with Crippen LogP contribution in [0.1, 0.15) is 6.42 Å². The number of nitrogens with two attached hydrogens (primary N) is 1. The highest BCUT2D eigenvalue weighted by molar-refractivity contribution is 5.48. The van der Waals surface area contributed by atoms with Gasteiger partial charge in [-0.15, -0.1) is 0 Å². The summed E-state index contributed by atoms with van der Waals surface area (Å²) in [5.41, 5.74) is 2.05. The summed E-state index contributed by atoms with van der Waals surface area (Å²) in [4.78, 5) is 5.27. The summed E-state index contributed by atoms with van der Waals surface area (Å²) in [5, 5.41) is 8.59. The maximum Gasteiger partial charge on any atom is 0.178 e. The number of aromatic nitrogens is 1. The summed E-state index contributed by atoms with van der Waals surface area (Å²) in [6.45, 7) is 0.923. The summed E-state index contributed by atoms with van der Waals surface area (Å²) in [7, 11) is 1.50. The molecule has 19 heavy (non-hydrogen) atoms. The molecule has 0 aliphatic rings. The molecule has 0 saturated heterocycles. The molecule has 0 unspecified atom stereocenters. The number of nitriles is 1. The lowest BCUT2D eigenvalue weighted by molar-refractivity contribution is 0.205. The summed E-state index contributed by atoms with van der Waals surface area (Å²) < 4.78 is 31.9. The lowest BCUT2D eigenvalue weighted by atomic mass is 10.3. The normalized spacial score (nSPS) is 10.1. The van der Waals surface area contributed by atoms with Gasteiger partial charge in [0, 0.05) is 26.3 Å². The van der Waals surface area contributed by atoms with Crippen LogP contribution in [0.25, 0.3) is 0 Å². The average Bonchev–Trinajstić information content (AvgIpc) is 2.40.